The molecular weight excluding hydrogens is 312 g/mol. The van der Waals surface area contributed by atoms with Crippen molar-refractivity contribution >= 4 is 27.0 Å². The van der Waals surface area contributed by atoms with Crippen LogP contribution in [-0.4, -0.2) is 14.2 Å². The second-order valence-corrected chi connectivity index (χ2v) is 8.07. The van der Waals surface area contributed by atoms with Crippen molar-refractivity contribution in [2.24, 2.45) is 0 Å². The monoisotopic (exact) mass is 327 g/mol. The lowest BCUT2D eigenvalue weighted by Gasteiger charge is -2.09. The summed E-state index contributed by atoms with van der Waals surface area (Å²) in [5, 5.41) is 0. The lowest BCUT2D eigenvalue weighted by atomic mass is 10.1. The van der Waals surface area contributed by atoms with E-state index >= 15 is 0 Å². The number of ketones is 1. The maximum absolute atomic E-state index is 11.6. The van der Waals surface area contributed by atoms with Crippen molar-refractivity contribution in [2.45, 2.75) is 24.3 Å². The third kappa shape index (κ3) is 2.70. The zero-order valence-corrected chi connectivity index (χ0v) is 13.2. The van der Waals surface area contributed by atoms with Gasteiger partial charge in [-0.15, -0.1) is 0 Å². The molecule has 0 fully saturated rings. The molecule has 0 saturated heterocycles. The molecule has 23 heavy (non-hydrogen) atoms. The molecule has 0 saturated carbocycles. The minimum Gasteiger partial charge on any atom is -0.294 e. The first-order chi connectivity index (χ1) is 11.0. The van der Waals surface area contributed by atoms with E-state index in [-0.39, 0.29) is 17.3 Å². The first-order valence-electron chi connectivity index (χ1n) is 7.45. The van der Waals surface area contributed by atoms with E-state index in [1.165, 1.54) is 0 Å². The third-order valence-electron chi connectivity index (χ3n) is 4.28. The molecule has 5 nitrogen and oxygen atoms in total. The molecule has 0 bridgehead atoms. The molecule has 2 aromatic carbocycles. The third-order valence-corrected chi connectivity index (χ3v) is 5.78. The molecule has 1 aliphatic heterocycles. The van der Waals surface area contributed by atoms with Crippen LogP contribution in [0, 0.1) is 0 Å². The highest BCUT2D eigenvalue weighted by molar-refractivity contribution is 7.90. The van der Waals surface area contributed by atoms with E-state index in [1.54, 1.807) is 0 Å². The molecule has 6 heteroatoms. The number of nitrogens with one attached hydrogen (secondary N) is 1. The van der Waals surface area contributed by atoms with E-state index < -0.39 is 9.84 Å². The molecule has 117 valence electrons. The number of benzene rings is 2. The van der Waals surface area contributed by atoms with Crippen LogP contribution in [0.15, 0.2) is 36.4 Å². The van der Waals surface area contributed by atoms with Crippen LogP contribution in [0.5, 0.6) is 0 Å². The zero-order chi connectivity index (χ0) is 16.0. The van der Waals surface area contributed by atoms with Gasteiger partial charge in [0.2, 0.25) is 0 Å². The van der Waals surface area contributed by atoms with E-state index in [0.717, 1.165) is 34.4 Å². The number of sulfone groups is 1. The summed E-state index contributed by atoms with van der Waals surface area (Å²) in [4.78, 5) is 11.6. The van der Waals surface area contributed by atoms with Gasteiger partial charge in [0, 0.05) is 12.0 Å². The van der Waals surface area contributed by atoms with E-state index in [0.29, 0.717) is 12.1 Å². The van der Waals surface area contributed by atoms with Crippen molar-refractivity contribution in [3.63, 3.8) is 0 Å². The maximum atomic E-state index is 11.6. The average Bonchev–Trinajstić information content (AvgIpc) is 3.03. The summed E-state index contributed by atoms with van der Waals surface area (Å²) in [6, 6.07) is 11.1. The van der Waals surface area contributed by atoms with Gasteiger partial charge in [-0.05, 0) is 53.4 Å². The predicted molar refractivity (Wildman–Crippen MR) is 87.3 cm³/mol. The zero-order valence-electron chi connectivity index (χ0n) is 12.4. The Balaban J connectivity index is 1.49. The first kappa shape index (κ1) is 14.3. The number of nitrogens with zero attached hydrogens (tertiary/aromatic N) is 1. The lowest BCUT2D eigenvalue weighted by Crippen LogP contribution is -2.08. The molecule has 0 atom stereocenters. The van der Waals surface area contributed by atoms with E-state index in [4.69, 9.17) is 0 Å². The minimum atomic E-state index is -3.00. The van der Waals surface area contributed by atoms with Crippen molar-refractivity contribution in [2.75, 3.05) is 5.43 Å². The fraction of sp³-hybridized carbons (Fsp3) is 0.235. The van der Waals surface area contributed by atoms with Gasteiger partial charge in [0.05, 0.1) is 22.9 Å². The molecule has 0 unspecified atom stereocenters. The average molecular weight is 327 g/mol. The largest absolute Gasteiger partial charge is 0.294 e. The van der Waals surface area contributed by atoms with E-state index in [2.05, 4.69) is 10.9 Å². The molecule has 1 radical (unpaired) electrons. The van der Waals surface area contributed by atoms with Gasteiger partial charge < -0.3 is 0 Å². The summed E-state index contributed by atoms with van der Waals surface area (Å²) >= 11 is 0. The van der Waals surface area contributed by atoms with Crippen LogP contribution in [0.2, 0.25) is 0 Å². The number of rotatable bonds is 3. The van der Waals surface area contributed by atoms with Crippen molar-refractivity contribution in [1.29, 1.82) is 0 Å². The van der Waals surface area contributed by atoms with Crippen LogP contribution in [0.4, 0.5) is 11.4 Å². The highest BCUT2D eigenvalue weighted by atomic mass is 32.2. The lowest BCUT2D eigenvalue weighted by molar-refractivity contribution is 0.0994. The number of anilines is 1. The summed E-state index contributed by atoms with van der Waals surface area (Å²) in [6.45, 7) is 0. The van der Waals surface area contributed by atoms with Crippen molar-refractivity contribution in [1.82, 2.24) is 5.43 Å². The number of carbonyl (C=O) groups excluding carboxylic acids is 1. The van der Waals surface area contributed by atoms with Gasteiger partial charge >= 0.3 is 0 Å². The summed E-state index contributed by atoms with van der Waals surface area (Å²) in [7, 11) is -3.00. The van der Waals surface area contributed by atoms with Crippen molar-refractivity contribution < 1.29 is 13.2 Å². The van der Waals surface area contributed by atoms with Crippen LogP contribution in [-0.2, 0) is 27.8 Å². The number of aryl methyl sites for hydroxylation is 1. The molecule has 2 aromatic rings. The van der Waals surface area contributed by atoms with Gasteiger partial charge in [0.25, 0.3) is 0 Å². The van der Waals surface area contributed by atoms with Crippen LogP contribution in [0.25, 0.3) is 0 Å². The standard InChI is InChI=1S/C17H15N2O3S/c20-17-6-2-11-7-15(4-5-16(11)17)19-18-14-3-1-12-9-23(21,22)10-13(12)8-14/h1,3-5,7-8,19H,2,6,9-10H2. The predicted octanol–water partition coefficient (Wildman–Crippen LogP) is 2.51. The highest BCUT2D eigenvalue weighted by Crippen LogP contribution is 2.28. The Labute approximate surface area is 134 Å². The molecule has 4 rings (SSSR count). The fourth-order valence-electron chi connectivity index (χ4n) is 3.14. The van der Waals surface area contributed by atoms with Gasteiger partial charge in [-0.1, -0.05) is 6.07 Å². The second-order valence-electron chi connectivity index (χ2n) is 6.00. The van der Waals surface area contributed by atoms with Crippen LogP contribution >= 0.6 is 0 Å². The molecular formula is C17H15N2O3S. The van der Waals surface area contributed by atoms with Crippen molar-refractivity contribution in [3.8, 4) is 0 Å². The second kappa shape index (κ2) is 5.09. The summed E-state index contributed by atoms with van der Waals surface area (Å²) < 4.78 is 23.3. The van der Waals surface area contributed by atoms with Gasteiger partial charge in [0.15, 0.2) is 15.6 Å². The SMILES string of the molecule is O=C1CCc2cc(N[N]c3ccc4c(c3)CS(=O)(=O)C4)ccc21. The summed E-state index contributed by atoms with van der Waals surface area (Å²) in [5.74, 6) is 0.407. The Morgan fingerprint density at radius 1 is 0.913 bits per heavy atom. The van der Waals surface area contributed by atoms with Gasteiger partial charge in [-0.2, -0.15) is 5.43 Å². The quantitative estimate of drug-likeness (QED) is 0.879. The molecule has 1 aliphatic carbocycles. The number of Topliss-reactive ketones (excluding diaryl/α,β-unsaturated/α-hetero) is 1. The molecule has 0 spiro atoms. The number of hydrogen-bond donors (Lipinski definition) is 1. The Bertz CT molecular complexity index is 919. The Morgan fingerprint density at radius 2 is 1.74 bits per heavy atom. The normalized spacial score (nSPS) is 17.7. The molecule has 2 aliphatic rings. The molecule has 0 aromatic heterocycles. The van der Waals surface area contributed by atoms with Gasteiger partial charge in [0.1, 0.15) is 0 Å². The van der Waals surface area contributed by atoms with E-state index in [9.17, 15) is 13.2 Å². The Hall–Kier alpha value is -2.34. The molecule has 1 N–H and O–H groups in total. The Morgan fingerprint density at radius 3 is 2.61 bits per heavy atom. The summed E-state index contributed by atoms with van der Waals surface area (Å²) in [5.41, 5.74) is 12.4. The topological polar surface area (TPSA) is 77.3 Å². The number of carbonyl (C=O) groups is 1. The summed E-state index contributed by atoms with van der Waals surface area (Å²) in [6.07, 6.45) is 1.36. The Kier molecular flexibility index (Phi) is 3.16. The minimum absolute atomic E-state index is 0.0899. The molecule has 1 heterocycles. The van der Waals surface area contributed by atoms with Crippen LogP contribution in [0.3, 0.4) is 0 Å². The number of fused-ring (bicyclic) bond motifs is 2. The van der Waals surface area contributed by atoms with Crippen molar-refractivity contribution in [3.05, 3.63) is 58.7 Å². The first-order valence-corrected chi connectivity index (χ1v) is 9.27. The smallest absolute Gasteiger partial charge is 0.163 e. The van der Waals surface area contributed by atoms with Gasteiger partial charge in [-0.25, -0.2) is 8.42 Å². The highest BCUT2D eigenvalue weighted by Gasteiger charge is 2.24. The maximum Gasteiger partial charge on any atom is 0.163 e. The number of hydrogen-bond acceptors (Lipinski definition) is 4. The molecule has 0 amide bonds. The van der Waals surface area contributed by atoms with Gasteiger partial charge in [-0.3, -0.25) is 10.2 Å². The van der Waals surface area contributed by atoms with Crippen LogP contribution < -0.4 is 10.9 Å². The van der Waals surface area contributed by atoms with Crippen LogP contribution in [0.1, 0.15) is 33.5 Å². The van der Waals surface area contributed by atoms with E-state index in [1.807, 2.05) is 36.4 Å². The fourth-order valence-corrected chi connectivity index (χ4v) is 4.74.